The molecule has 2 aliphatic rings. The van der Waals surface area contributed by atoms with Crippen LogP contribution in [0.4, 0.5) is 0 Å². The molecule has 0 aromatic heterocycles. The molecule has 0 aliphatic carbocycles. The summed E-state index contributed by atoms with van der Waals surface area (Å²) in [7, 11) is 2.67. The highest BCUT2D eigenvalue weighted by Crippen LogP contribution is 2.39. The minimum Gasteiger partial charge on any atom is -0.504 e. The van der Waals surface area contributed by atoms with Crippen molar-refractivity contribution in [1.82, 2.24) is 0 Å². The Hall–Kier alpha value is -4.30. The van der Waals surface area contributed by atoms with Crippen molar-refractivity contribution < 1.29 is 83.6 Å². The first-order valence-corrected chi connectivity index (χ1v) is 14.8. The minimum absolute atomic E-state index is 0.119. The minimum atomic E-state index is -2.52. The zero-order valence-electron chi connectivity index (χ0n) is 26.3. The van der Waals surface area contributed by atoms with E-state index in [1.807, 2.05) is 0 Å². The molecule has 4 rings (SSSR count). The summed E-state index contributed by atoms with van der Waals surface area (Å²) >= 11 is 0. The maximum atomic E-state index is 13.0. The number of aromatic hydroxyl groups is 2. The van der Waals surface area contributed by atoms with Gasteiger partial charge >= 0.3 is 11.9 Å². The fourth-order valence-electron chi connectivity index (χ4n) is 5.07. The lowest BCUT2D eigenvalue weighted by atomic mass is 9.99. The highest BCUT2D eigenvalue weighted by Gasteiger charge is 2.61. The van der Waals surface area contributed by atoms with E-state index in [0.29, 0.717) is 11.1 Å². The molecule has 0 saturated carbocycles. The first-order chi connectivity index (χ1) is 23.4. The van der Waals surface area contributed by atoms with Gasteiger partial charge in [-0.3, -0.25) is 0 Å². The summed E-state index contributed by atoms with van der Waals surface area (Å²) < 4.78 is 37.9. The molecule has 8 N–H and O–H groups in total. The second-order valence-corrected chi connectivity index (χ2v) is 11.0. The van der Waals surface area contributed by atoms with Gasteiger partial charge in [0.2, 0.25) is 5.79 Å². The molecule has 0 spiro atoms. The molecule has 268 valence electrons. The number of rotatable bonds is 13. The van der Waals surface area contributed by atoms with Crippen LogP contribution in [0.3, 0.4) is 0 Å². The van der Waals surface area contributed by atoms with Crippen molar-refractivity contribution in [2.75, 3.05) is 34.0 Å². The second-order valence-electron chi connectivity index (χ2n) is 11.0. The van der Waals surface area contributed by atoms with Crippen LogP contribution in [0.2, 0.25) is 0 Å². The number of hydrogen-bond donors (Lipinski definition) is 8. The molecule has 0 bridgehead atoms. The van der Waals surface area contributed by atoms with E-state index in [9.17, 15) is 50.4 Å². The van der Waals surface area contributed by atoms with Crippen molar-refractivity contribution in [3.63, 3.8) is 0 Å². The Morgan fingerprint density at radius 1 is 0.776 bits per heavy atom. The monoisotopic (exact) mass is 694 g/mol. The normalized spacial score (nSPS) is 30.0. The van der Waals surface area contributed by atoms with Crippen LogP contribution in [0.15, 0.2) is 48.6 Å². The quantitative estimate of drug-likeness (QED) is 0.0882. The summed E-state index contributed by atoms with van der Waals surface area (Å²) in [6.45, 7) is -2.64. The van der Waals surface area contributed by atoms with Crippen LogP contribution in [0, 0.1) is 0 Å². The maximum Gasteiger partial charge on any atom is 0.331 e. The topological polar surface area (TPSA) is 261 Å². The fourth-order valence-corrected chi connectivity index (χ4v) is 5.07. The number of methoxy groups -OCH3 is 2. The number of phenolic OH excluding ortho intramolecular Hbond substituents is 2. The molecular formula is C32H38O17. The smallest absolute Gasteiger partial charge is 0.331 e. The third-order valence-electron chi connectivity index (χ3n) is 7.71. The molecular weight excluding hydrogens is 656 g/mol. The molecule has 17 nitrogen and oxygen atoms in total. The zero-order valence-corrected chi connectivity index (χ0v) is 26.3. The van der Waals surface area contributed by atoms with Crippen LogP contribution in [0.25, 0.3) is 12.2 Å². The standard InChI is InChI=1S/C32H38O17/c1-43-20-11-16(3-7-18(20)35)5-9-24(37)45-15-32(49-31-29(42)28(41)26(39)22(13-33)46-31)30(27(40)23(14-34)48-32)47-25(38)10-6-17-4-8-19(36)21(12-17)44-2/h3-12,22-23,26-31,33-36,39-42H,13-15H2,1-2H3/b9-5+,10-6+/t22-,23-,26-,27-,28+,29-,30+,31-,32+/m1/s1. The van der Waals surface area contributed by atoms with Crippen LogP contribution in [0.1, 0.15) is 11.1 Å². The van der Waals surface area contributed by atoms with Crippen molar-refractivity contribution in [2.45, 2.75) is 54.8 Å². The van der Waals surface area contributed by atoms with Crippen molar-refractivity contribution in [2.24, 2.45) is 0 Å². The van der Waals surface area contributed by atoms with E-state index in [4.69, 9.17) is 33.2 Å². The number of esters is 2. The Morgan fingerprint density at radius 3 is 1.86 bits per heavy atom. The molecule has 2 heterocycles. The Balaban J connectivity index is 1.62. The van der Waals surface area contributed by atoms with Crippen LogP contribution in [0.5, 0.6) is 23.0 Å². The van der Waals surface area contributed by atoms with Gasteiger partial charge < -0.3 is 74.0 Å². The summed E-state index contributed by atoms with van der Waals surface area (Å²) in [5.41, 5.74) is 0.829. The Bertz CT molecular complexity index is 1510. The van der Waals surface area contributed by atoms with Gasteiger partial charge in [0.1, 0.15) is 43.2 Å². The van der Waals surface area contributed by atoms with Gasteiger partial charge in [-0.25, -0.2) is 9.59 Å². The van der Waals surface area contributed by atoms with Crippen molar-refractivity contribution in [3.8, 4) is 23.0 Å². The van der Waals surface area contributed by atoms with E-state index in [1.165, 1.54) is 62.8 Å². The van der Waals surface area contributed by atoms with Gasteiger partial charge in [0.05, 0.1) is 27.4 Å². The number of carbonyl (C=O) groups excluding carboxylic acids is 2. The lowest BCUT2D eigenvalue weighted by Crippen LogP contribution is -2.63. The SMILES string of the molecule is COc1cc(/C=C/C(=O)OC[C@@]2(O[C@H]3O[C@H](CO)[C@@H](O)[C@H](O)[C@H]3O)O[C@H](CO)[C@@H](O)[C@@H]2OC(=O)/C=C/c2ccc(O)c(OC)c2)ccc1O. The third-order valence-corrected chi connectivity index (χ3v) is 7.71. The first kappa shape index (κ1) is 37.5. The summed E-state index contributed by atoms with van der Waals surface area (Å²) in [5, 5.41) is 81.5. The number of benzene rings is 2. The molecule has 2 aromatic carbocycles. The molecule has 2 fully saturated rings. The summed E-state index contributed by atoms with van der Waals surface area (Å²) in [4.78, 5) is 25.9. The third kappa shape index (κ3) is 8.66. The lowest BCUT2D eigenvalue weighted by molar-refractivity contribution is -0.383. The number of aliphatic hydroxyl groups excluding tert-OH is 6. The second kappa shape index (κ2) is 16.4. The van der Waals surface area contributed by atoms with E-state index < -0.39 is 86.6 Å². The van der Waals surface area contributed by atoms with E-state index in [0.717, 1.165) is 12.2 Å². The van der Waals surface area contributed by atoms with Gasteiger partial charge in [-0.1, -0.05) is 12.1 Å². The molecule has 9 atom stereocenters. The number of carbonyl (C=O) groups is 2. The molecule has 2 aromatic rings. The van der Waals surface area contributed by atoms with Gasteiger partial charge in [0.15, 0.2) is 35.4 Å². The zero-order chi connectivity index (χ0) is 35.9. The van der Waals surface area contributed by atoms with E-state index in [2.05, 4.69) is 0 Å². The van der Waals surface area contributed by atoms with Crippen molar-refractivity contribution in [1.29, 1.82) is 0 Å². The number of ether oxygens (including phenoxy) is 7. The van der Waals surface area contributed by atoms with Gasteiger partial charge in [-0.15, -0.1) is 0 Å². The van der Waals surface area contributed by atoms with E-state index >= 15 is 0 Å². The average molecular weight is 695 g/mol. The molecule has 2 aliphatic heterocycles. The van der Waals surface area contributed by atoms with Gasteiger partial charge in [-0.2, -0.15) is 0 Å². The number of aliphatic hydroxyl groups is 6. The molecule has 17 heteroatoms. The first-order valence-electron chi connectivity index (χ1n) is 14.8. The van der Waals surface area contributed by atoms with Crippen molar-refractivity contribution >= 4 is 24.1 Å². The highest BCUT2D eigenvalue weighted by atomic mass is 16.8. The van der Waals surface area contributed by atoms with Gasteiger partial charge in [0.25, 0.3) is 0 Å². The number of hydrogen-bond acceptors (Lipinski definition) is 17. The van der Waals surface area contributed by atoms with Crippen LogP contribution >= 0.6 is 0 Å². The molecule has 0 radical (unpaired) electrons. The largest absolute Gasteiger partial charge is 0.504 e. The van der Waals surface area contributed by atoms with Gasteiger partial charge in [-0.05, 0) is 47.5 Å². The predicted octanol–water partition coefficient (Wildman–Crippen LogP) is -1.44. The van der Waals surface area contributed by atoms with E-state index in [-0.39, 0.29) is 23.0 Å². The van der Waals surface area contributed by atoms with Crippen LogP contribution in [-0.4, -0.2) is 142 Å². The predicted molar refractivity (Wildman–Crippen MR) is 164 cm³/mol. The fraction of sp³-hybridized carbons (Fsp3) is 0.438. The molecule has 2 saturated heterocycles. The molecule has 0 amide bonds. The Kier molecular flexibility index (Phi) is 12.6. The lowest BCUT2D eigenvalue weighted by Gasteiger charge is -2.43. The summed E-state index contributed by atoms with van der Waals surface area (Å²) in [6.07, 6.45) is -9.73. The summed E-state index contributed by atoms with van der Waals surface area (Å²) in [6, 6.07) is 8.45. The maximum absolute atomic E-state index is 13.0. The van der Waals surface area contributed by atoms with Gasteiger partial charge in [0, 0.05) is 12.2 Å². The summed E-state index contributed by atoms with van der Waals surface area (Å²) in [5.74, 6) is -4.65. The average Bonchev–Trinajstić information content (AvgIpc) is 3.36. The Morgan fingerprint density at radius 2 is 1.33 bits per heavy atom. The highest BCUT2D eigenvalue weighted by molar-refractivity contribution is 5.88. The van der Waals surface area contributed by atoms with Crippen molar-refractivity contribution in [3.05, 3.63) is 59.7 Å². The number of phenols is 2. The van der Waals surface area contributed by atoms with E-state index in [1.54, 1.807) is 0 Å². The Labute approximate surface area is 279 Å². The molecule has 0 unspecified atom stereocenters. The van der Waals surface area contributed by atoms with Crippen LogP contribution in [-0.2, 0) is 33.3 Å². The molecule has 49 heavy (non-hydrogen) atoms. The van der Waals surface area contributed by atoms with Crippen LogP contribution < -0.4 is 9.47 Å².